The van der Waals surface area contributed by atoms with Crippen LogP contribution in [0.5, 0.6) is 0 Å². The number of nitrogens with one attached hydrogen (secondary N) is 1. The molecule has 0 saturated carbocycles. The average Bonchev–Trinajstić information content (AvgIpc) is 2.62. The third kappa shape index (κ3) is 4.00. The van der Waals surface area contributed by atoms with Crippen LogP contribution in [0.3, 0.4) is 0 Å². The molecule has 0 spiro atoms. The van der Waals surface area contributed by atoms with E-state index in [-0.39, 0.29) is 11.5 Å². The minimum atomic E-state index is -0.756. The summed E-state index contributed by atoms with van der Waals surface area (Å²) in [5, 5.41) is 7.12. The molecule has 0 aliphatic rings. The van der Waals surface area contributed by atoms with Gasteiger partial charge in [0.1, 0.15) is 6.04 Å². The zero-order valence-electron chi connectivity index (χ0n) is 13.4. The smallest absolute Gasteiger partial charge is 0.267 e. The molecule has 0 bridgehead atoms. The fourth-order valence-corrected chi connectivity index (χ4v) is 2.70. The molecule has 1 unspecified atom stereocenters. The van der Waals surface area contributed by atoms with Gasteiger partial charge in [0.05, 0.1) is 5.69 Å². The van der Waals surface area contributed by atoms with Crippen LogP contribution in [-0.2, 0) is 4.79 Å². The Morgan fingerprint density at radius 2 is 1.92 bits per heavy atom. The van der Waals surface area contributed by atoms with Crippen LogP contribution in [0, 0.1) is 0 Å². The summed E-state index contributed by atoms with van der Waals surface area (Å²) in [6.45, 7) is 1.64. The van der Waals surface area contributed by atoms with E-state index in [0.717, 1.165) is 10.0 Å². The Bertz CT molecular complexity index is 957. The van der Waals surface area contributed by atoms with E-state index >= 15 is 0 Å². The van der Waals surface area contributed by atoms with E-state index in [1.807, 2.05) is 12.1 Å². The number of carbonyl (C=O) groups is 1. The molecular formula is C18H15BrN4O2. The summed E-state index contributed by atoms with van der Waals surface area (Å²) in [4.78, 5) is 28.6. The van der Waals surface area contributed by atoms with Gasteiger partial charge < -0.3 is 5.32 Å². The van der Waals surface area contributed by atoms with Crippen molar-refractivity contribution in [2.45, 2.75) is 13.0 Å². The van der Waals surface area contributed by atoms with Gasteiger partial charge in [-0.25, -0.2) is 4.68 Å². The second kappa shape index (κ2) is 7.40. The predicted molar refractivity (Wildman–Crippen MR) is 99.2 cm³/mol. The summed E-state index contributed by atoms with van der Waals surface area (Å²) in [6, 6.07) is 13.1. The van der Waals surface area contributed by atoms with Gasteiger partial charge in [0.15, 0.2) is 0 Å². The van der Waals surface area contributed by atoms with Gasteiger partial charge in [0.2, 0.25) is 5.91 Å². The maximum absolute atomic E-state index is 12.5. The first kappa shape index (κ1) is 17.0. The van der Waals surface area contributed by atoms with Crippen LogP contribution >= 0.6 is 15.9 Å². The molecule has 1 aromatic carbocycles. The van der Waals surface area contributed by atoms with Crippen LogP contribution < -0.4 is 10.9 Å². The number of aromatic nitrogens is 3. The third-order valence-electron chi connectivity index (χ3n) is 3.64. The molecule has 3 aromatic rings. The van der Waals surface area contributed by atoms with Crippen LogP contribution in [0.1, 0.15) is 13.0 Å². The number of pyridine rings is 1. The highest BCUT2D eigenvalue weighted by Gasteiger charge is 2.18. The molecule has 2 aromatic heterocycles. The number of hydrogen-bond acceptors (Lipinski definition) is 4. The van der Waals surface area contributed by atoms with E-state index in [1.165, 1.54) is 10.7 Å². The third-order valence-corrected chi connectivity index (χ3v) is 4.13. The highest BCUT2D eigenvalue weighted by atomic mass is 79.9. The molecule has 1 amide bonds. The maximum atomic E-state index is 12.5. The molecule has 7 heteroatoms. The standard InChI is InChI=1S/C18H15BrN4O2/c1-12(18(25)21-15-4-2-3-14(19)11-15)23-17(24)6-5-16(22-23)13-7-9-20-10-8-13/h2-12H,1H3,(H,21,25). The fourth-order valence-electron chi connectivity index (χ4n) is 2.30. The second-order valence-electron chi connectivity index (χ2n) is 5.41. The number of nitrogens with zero attached hydrogens (tertiary/aromatic N) is 3. The molecule has 25 heavy (non-hydrogen) atoms. The van der Waals surface area contributed by atoms with Gasteiger partial charge in [0, 0.05) is 34.2 Å². The minimum Gasteiger partial charge on any atom is -0.324 e. The Balaban J connectivity index is 1.87. The molecule has 1 atom stereocenters. The monoisotopic (exact) mass is 398 g/mol. The van der Waals surface area contributed by atoms with Crippen LogP contribution in [0.4, 0.5) is 5.69 Å². The van der Waals surface area contributed by atoms with E-state index in [9.17, 15) is 9.59 Å². The van der Waals surface area contributed by atoms with Crippen molar-refractivity contribution in [1.29, 1.82) is 0 Å². The van der Waals surface area contributed by atoms with E-state index in [4.69, 9.17) is 0 Å². The number of anilines is 1. The quantitative estimate of drug-likeness (QED) is 0.731. The van der Waals surface area contributed by atoms with Crippen LogP contribution in [0.2, 0.25) is 0 Å². The predicted octanol–water partition coefficient (Wildman–Crippen LogP) is 3.27. The van der Waals surface area contributed by atoms with Gasteiger partial charge in [0.25, 0.3) is 5.56 Å². The lowest BCUT2D eigenvalue weighted by Gasteiger charge is -2.15. The first-order valence-electron chi connectivity index (χ1n) is 7.61. The van der Waals surface area contributed by atoms with Crippen molar-refractivity contribution in [3.05, 3.63) is 75.8 Å². The number of hydrogen-bond donors (Lipinski definition) is 1. The van der Waals surface area contributed by atoms with Gasteiger partial charge in [-0.15, -0.1) is 0 Å². The Morgan fingerprint density at radius 3 is 2.64 bits per heavy atom. The first-order valence-corrected chi connectivity index (χ1v) is 8.40. The normalized spacial score (nSPS) is 11.8. The van der Waals surface area contributed by atoms with Crippen LogP contribution in [0.25, 0.3) is 11.3 Å². The topological polar surface area (TPSA) is 76.9 Å². The second-order valence-corrected chi connectivity index (χ2v) is 6.33. The molecule has 0 saturated heterocycles. The lowest BCUT2D eigenvalue weighted by molar-refractivity contribution is -0.119. The SMILES string of the molecule is CC(C(=O)Nc1cccc(Br)c1)n1nc(-c2ccncc2)ccc1=O. The molecule has 2 heterocycles. The van der Waals surface area contributed by atoms with E-state index in [0.29, 0.717) is 11.4 Å². The summed E-state index contributed by atoms with van der Waals surface area (Å²) in [5.41, 5.74) is 1.73. The molecule has 0 aliphatic carbocycles. The number of benzene rings is 1. The highest BCUT2D eigenvalue weighted by molar-refractivity contribution is 9.10. The van der Waals surface area contributed by atoms with Gasteiger partial charge in [-0.1, -0.05) is 22.0 Å². The highest BCUT2D eigenvalue weighted by Crippen LogP contribution is 2.18. The largest absolute Gasteiger partial charge is 0.324 e. The molecule has 0 fully saturated rings. The van der Waals surface area contributed by atoms with Gasteiger partial charge in [-0.05, 0) is 43.3 Å². The van der Waals surface area contributed by atoms with Crippen LogP contribution in [-0.4, -0.2) is 20.7 Å². The zero-order valence-corrected chi connectivity index (χ0v) is 15.0. The molecule has 1 N–H and O–H groups in total. The molecule has 6 nitrogen and oxygen atoms in total. The summed E-state index contributed by atoms with van der Waals surface area (Å²) < 4.78 is 2.04. The Labute approximate surface area is 152 Å². The van der Waals surface area contributed by atoms with Crippen molar-refractivity contribution in [1.82, 2.24) is 14.8 Å². The van der Waals surface area contributed by atoms with Crippen molar-refractivity contribution < 1.29 is 4.79 Å². The Hall–Kier alpha value is -2.80. The summed E-state index contributed by atoms with van der Waals surface area (Å²) in [5.74, 6) is -0.320. The minimum absolute atomic E-state index is 0.320. The maximum Gasteiger partial charge on any atom is 0.267 e. The molecule has 3 rings (SSSR count). The number of carbonyl (C=O) groups excluding carboxylic acids is 1. The summed E-state index contributed by atoms with van der Waals surface area (Å²) in [6.07, 6.45) is 3.30. The van der Waals surface area contributed by atoms with Gasteiger partial charge in [-0.3, -0.25) is 14.6 Å². The molecular weight excluding hydrogens is 384 g/mol. The van der Waals surface area contributed by atoms with Crippen molar-refractivity contribution in [3.63, 3.8) is 0 Å². The molecule has 0 aliphatic heterocycles. The first-order chi connectivity index (χ1) is 12.0. The average molecular weight is 399 g/mol. The Morgan fingerprint density at radius 1 is 1.16 bits per heavy atom. The number of halogens is 1. The van der Waals surface area contributed by atoms with Crippen molar-refractivity contribution >= 4 is 27.5 Å². The summed E-state index contributed by atoms with van der Waals surface area (Å²) in [7, 11) is 0. The van der Waals surface area contributed by atoms with Crippen molar-refractivity contribution in [2.24, 2.45) is 0 Å². The van der Waals surface area contributed by atoms with E-state index < -0.39 is 6.04 Å². The Kier molecular flexibility index (Phi) is 5.04. The number of rotatable bonds is 4. The summed E-state index contributed by atoms with van der Waals surface area (Å²) >= 11 is 3.36. The fraction of sp³-hybridized carbons (Fsp3) is 0.111. The molecule has 0 radical (unpaired) electrons. The zero-order chi connectivity index (χ0) is 17.8. The van der Waals surface area contributed by atoms with Crippen LogP contribution in [0.15, 0.2) is 70.2 Å². The lowest BCUT2D eigenvalue weighted by atomic mass is 10.2. The molecule has 126 valence electrons. The lowest BCUT2D eigenvalue weighted by Crippen LogP contribution is -2.33. The van der Waals surface area contributed by atoms with Gasteiger partial charge in [-0.2, -0.15) is 5.10 Å². The van der Waals surface area contributed by atoms with Crippen molar-refractivity contribution in [3.8, 4) is 11.3 Å². The van der Waals surface area contributed by atoms with Crippen molar-refractivity contribution in [2.75, 3.05) is 5.32 Å². The number of amides is 1. The van der Waals surface area contributed by atoms with E-state index in [1.54, 1.807) is 49.6 Å². The van der Waals surface area contributed by atoms with E-state index in [2.05, 4.69) is 31.3 Å². The van der Waals surface area contributed by atoms with Gasteiger partial charge >= 0.3 is 0 Å².